The smallest absolute Gasteiger partial charge is 0.480 e. The number of amides is 2. The molecular weight excluding hydrogens is 509 g/mol. The SMILES string of the molecule is CC(C)(C)OC(=O)N[C@@H](CCCN=C(N)N)C(=O)N[C@@H](CCCN=C(N)N)C(=O)O.O=C(O)C(F)(F)F. The van der Waals surface area contributed by atoms with Gasteiger partial charge in [0.25, 0.3) is 0 Å². The summed E-state index contributed by atoms with van der Waals surface area (Å²) in [4.78, 5) is 52.7. The molecule has 0 aromatic heterocycles. The summed E-state index contributed by atoms with van der Waals surface area (Å²) in [5, 5.41) is 21.4. The van der Waals surface area contributed by atoms with Crippen molar-refractivity contribution < 1.29 is 47.3 Å². The molecule has 0 bridgehead atoms. The average molecular weight is 545 g/mol. The number of ether oxygens (including phenoxy) is 1. The van der Waals surface area contributed by atoms with Gasteiger partial charge in [0.2, 0.25) is 5.91 Å². The van der Waals surface area contributed by atoms with Crippen LogP contribution in [0.2, 0.25) is 0 Å². The molecule has 0 heterocycles. The Balaban J connectivity index is 0. The number of alkyl carbamates (subject to hydrolysis) is 1. The van der Waals surface area contributed by atoms with Crippen LogP contribution in [0, 0.1) is 0 Å². The van der Waals surface area contributed by atoms with Crippen molar-refractivity contribution in [2.45, 2.75) is 70.3 Å². The molecule has 214 valence electrons. The third-order valence-corrected chi connectivity index (χ3v) is 3.76. The molecule has 0 rings (SSSR count). The van der Waals surface area contributed by atoms with Crippen LogP contribution in [0.15, 0.2) is 9.98 Å². The van der Waals surface area contributed by atoms with E-state index in [1.807, 2.05) is 0 Å². The molecule has 37 heavy (non-hydrogen) atoms. The van der Waals surface area contributed by atoms with E-state index >= 15 is 0 Å². The first-order chi connectivity index (χ1) is 16.8. The van der Waals surface area contributed by atoms with E-state index in [1.165, 1.54) is 0 Å². The van der Waals surface area contributed by atoms with Gasteiger partial charge in [-0.3, -0.25) is 14.8 Å². The van der Waals surface area contributed by atoms with Crippen molar-refractivity contribution >= 4 is 35.9 Å². The lowest BCUT2D eigenvalue weighted by Crippen LogP contribution is -2.52. The molecular formula is C19H35F3N8O7. The molecule has 15 nitrogen and oxygen atoms in total. The first-order valence-electron chi connectivity index (χ1n) is 10.7. The predicted octanol–water partition coefficient (Wildman–Crippen LogP) is -0.810. The molecule has 2 atom stereocenters. The average Bonchev–Trinajstić information content (AvgIpc) is 2.70. The van der Waals surface area contributed by atoms with Gasteiger partial charge in [0.05, 0.1) is 0 Å². The molecule has 0 aromatic rings. The third kappa shape index (κ3) is 21.0. The minimum absolute atomic E-state index is 0.0946. The number of nitrogens with one attached hydrogen (secondary N) is 2. The number of nitrogens with zero attached hydrogens (tertiary/aromatic N) is 2. The number of aliphatic carboxylic acids is 2. The zero-order valence-corrected chi connectivity index (χ0v) is 20.7. The number of aliphatic imine (C=N–C) groups is 2. The summed E-state index contributed by atoms with van der Waals surface area (Å²) >= 11 is 0. The Bertz CT molecular complexity index is 821. The molecule has 12 N–H and O–H groups in total. The molecule has 2 amide bonds. The number of nitrogens with two attached hydrogens (primary N) is 4. The number of halogens is 3. The van der Waals surface area contributed by atoms with Crippen LogP contribution >= 0.6 is 0 Å². The summed E-state index contributed by atoms with van der Waals surface area (Å²) < 4.78 is 36.9. The molecule has 0 saturated carbocycles. The van der Waals surface area contributed by atoms with Gasteiger partial charge in [0, 0.05) is 13.1 Å². The van der Waals surface area contributed by atoms with Crippen molar-refractivity contribution in [3.8, 4) is 0 Å². The second kappa shape index (κ2) is 16.6. The van der Waals surface area contributed by atoms with Gasteiger partial charge >= 0.3 is 24.2 Å². The summed E-state index contributed by atoms with van der Waals surface area (Å²) in [6.07, 6.45) is -4.91. The minimum Gasteiger partial charge on any atom is -0.480 e. The van der Waals surface area contributed by atoms with E-state index in [4.69, 9.17) is 37.6 Å². The molecule has 0 aromatic carbocycles. The fraction of sp³-hybridized carbons (Fsp3) is 0.684. The number of hydrogen-bond donors (Lipinski definition) is 8. The summed E-state index contributed by atoms with van der Waals surface area (Å²) in [7, 11) is 0. The van der Waals surface area contributed by atoms with E-state index < -0.39 is 47.8 Å². The second-order valence-electron chi connectivity index (χ2n) is 8.30. The van der Waals surface area contributed by atoms with Crippen LogP contribution in [-0.2, 0) is 19.1 Å². The van der Waals surface area contributed by atoms with Gasteiger partial charge in [-0.1, -0.05) is 0 Å². The van der Waals surface area contributed by atoms with Crippen molar-refractivity contribution in [2.24, 2.45) is 32.9 Å². The fourth-order valence-electron chi connectivity index (χ4n) is 2.26. The van der Waals surface area contributed by atoms with E-state index in [0.717, 1.165) is 0 Å². The lowest BCUT2D eigenvalue weighted by atomic mass is 10.1. The van der Waals surface area contributed by atoms with E-state index in [9.17, 15) is 32.7 Å². The zero-order valence-electron chi connectivity index (χ0n) is 20.7. The summed E-state index contributed by atoms with van der Waals surface area (Å²) in [6.45, 7) is 5.50. The number of carbonyl (C=O) groups excluding carboxylic acids is 2. The minimum atomic E-state index is -5.08. The van der Waals surface area contributed by atoms with E-state index in [-0.39, 0.29) is 37.9 Å². The maximum absolute atomic E-state index is 12.6. The Kier molecular flexibility index (Phi) is 15.8. The molecule has 0 spiro atoms. The van der Waals surface area contributed by atoms with Crippen LogP contribution in [0.25, 0.3) is 0 Å². The molecule has 0 radical (unpaired) electrons. The van der Waals surface area contributed by atoms with Crippen molar-refractivity contribution in [2.75, 3.05) is 13.1 Å². The molecule has 0 aliphatic carbocycles. The van der Waals surface area contributed by atoms with Crippen LogP contribution in [0.3, 0.4) is 0 Å². The first-order valence-corrected chi connectivity index (χ1v) is 10.7. The molecule has 0 unspecified atom stereocenters. The van der Waals surface area contributed by atoms with Crippen LogP contribution in [-0.4, -0.2) is 83.0 Å². The number of carboxylic acids is 2. The van der Waals surface area contributed by atoms with Gasteiger partial charge < -0.3 is 48.5 Å². The lowest BCUT2D eigenvalue weighted by molar-refractivity contribution is -0.192. The maximum atomic E-state index is 12.6. The summed E-state index contributed by atoms with van der Waals surface area (Å²) in [5.74, 6) is -4.84. The summed E-state index contributed by atoms with van der Waals surface area (Å²) in [6, 6.07) is -2.21. The highest BCUT2D eigenvalue weighted by Gasteiger charge is 2.38. The molecule has 0 saturated heterocycles. The Labute approximate surface area is 210 Å². The van der Waals surface area contributed by atoms with E-state index in [0.29, 0.717) is 12.8 Å². The number of alkyl halides is 3. The third-order valence-electron chi connectivity index (χ3n) is 3.76. The van der Waals surface area contributed by atoms with Crippen LogP contribution < -0.4 is 33.6 Å². The van der Waals surface area contributed by atoms with Gasteiger partial charge in [0.15, 0.2) is 11.9 Å². The molecule has 0 aliphatic rings. The Morgan fingerprint density at radius 2 is 1.24 bits per heavy atom. The van der Waals surface area contributed by atoms with Gasteiger partial charge in [0.1, 0.15) is 17.7 Å². The lowest BCUT2D eigenvalue weighted by Gasteiger charge is -2.24. The number of guanidine groups is 2. The van der Waals surface area contributed by atoms with Crippen molar-refractivity contribution in [3.63, 3.8) is 0 Å². The quantitative estimate of drug-likeness (QED) is 0.0854. The first kappa shape index (κ1) is 35.2. The van der Waals surface area contributed by atoms with Crippen LogP contribution in [0.4, 0.5) is 18.0 Å². The van der Waals surface area contributed by atoms with Crippen molar-refractivity contribution in [1.29, 1.82) is 0 Å². The number of carboxylic acid groups (broad SMARTS) is 2. The van der Waals surface area contributed by atoms with Crippen LogP contribution in [0.5, 0.6) is 0 Å². The Morgan fingerprint density at radius 3 is 1.57 bits per heavy atom. The zero-order chi connectivity index (χ0) is 29.4. The van der Waals surface area contributed by atoms with Crippen LogP contribution in [0.1, 0.15) is 46.5 Å². The molecule has 0 fully saturated rings. The van der Waals surface area contributed by atoms with Gasteiger partial charge in [-0.05, 0) is 46.5 Å². The van der Waals surface area contributed by atoms with E-state index in [2.05, 4.69) is 20.6 Å². The Hall–Kier alpha value is -3.99. The van der Waals surface area contributed by atoms with Crippen molar-refractivity contribution in [1.82, 2.24) is 10.6 Å². The predicted molar refractivity (Wildman–Crippen MR) is 126 cm³/mol. The molecule has 18 heteroatoms. The van der Waals surface area contributed by atoms with Crippen molar-refractivity contribution in [3.05, 3.63) is 0 Å². The van der Waals surface area contributed by atoms with Gasteiger partial charge in [-0.25, -0.2) is 14.4 Å². The highest BCUT2D eigenvalue weighted by atomic mass is 19.4. The molecule has 0 aliphatic heterocycles. The highest BCUT2D eigenvalue weighted by molar-refractivity contribution is 5.89. The number of carbonyl (C=O) groups is 4. The maximum Gasteiger partial charge on any atom is 0.490 e. The largest absolute Gasteiger partial charge is 0.490 e. The van der Waals surface area contributed by atoms with Gasteiger partial charge in [-0.2, -0.15) is 13.2 Å². The normalized spacial score (nSPS) is 12.5. The second-order valence-corrected chi connectivity index (χ2v) is 8.30. The standard InChI is InChI=1S/C17H34N8O5.C2HF3O2/c1-17(2,3)30-16(29)25-10(6-4-8-22-14(18)19)12(26)24-11(13(27)28)7-5-9-23-15(20)21;3-2(4,5)1(6)7/h10-11H,4-9H2,1-3H3,(H,24,26)(H,25,29)(H,27,28)(H4,18,19,22)(H4,20,21,23);(H,6,7)/t10-,11-;/m0./s1. The monoisotopic (exact) mass is 544 g/mol. The topological polar surface area (TPSA) is 271 Å². The fourth-order valence-corrected chi connectivity index (χ4v) is 2.26. The van der Waals surface area contributed by atoms with Gasteiger partial charge in [-0.15, -0.1) is 0 Å². The summed E-state index contributed by atoms with van der Waals surface area (Å²) in [5.41, 5.74) is 20.2. The number of hydrogen-bond acceptors (Lipinski definition) is 7. The Morgan fingerprint density at radius 1 is 0.838 bits per heavy atom. The number of rotatable bonds is 12. The highest BCUT2D eigenvalue weighted by Crippen LogP contribution is 2.13. The van der Waals surface area contributed by atoms with E-state index in [1.54, 1.807) is 20.8 Å².